The standard InChI is InChI=1S/C11H17N3O2/c1-8-10(7-13(2)12-8)11(16)14-5-3-4-9(15)6-14/h7,9,15H,3-6H2,1-2H3. The van der Waals surface area contributed by atoms with Gasteiger partial charge in [-0.15, -0.1) is 0 Å². The summed E-state index contributed by atoms with van der Waals surface area (Å²) < 4.78 is 1.64. The quantitative estimate of drug-likeness (QED) is 0.746. The predicted octanol–water partition coefficient (Wildman–Crippen LogP) is 0.325. The van der Waals surface area contributed by atoms with Crippen molar-refractivity contribution in [3.05, 3.63) is 17.5 Å². The Bertz CT molecular complexity index is 400. The smallest absolute Gasteiger partial charge is 0.257 e. The SMILES string of the molecule is Cc1nn(C)cc1C(=O)N1CCCC(O)C1. The minimum Gasteiger partial charge on any atom is -0.391 e. The molecule has 88 valence electrons. The molecule has 1 aromatic heterocycles. The molecule has 0 aromatic carbocycles. The number of hydrogen-bond donors (Lipinski definition) is 1. The maximum atomic E-state index is 12.1. The first-order valence-electron chi connectivity index (χ1n) is 5.55. The molecule has 5 nitrogen and oxygen atoms in total. The second-order valence-electron chi connectivity index (χ2n) is 4.35. The number of rotatable bonds is 1. The predicted molar refractivity (Wildman–Crippen MR) is 59.1 cm³/mol. The van der Waals surface area contributed by atoms with Gasteiger partial charge in [0, 0.05) is 26.3 Å². The zero-order valence-electron chi connectivity index (χ0n) is 9.68. The normalized spacial score (nSPS) is 21.2. The van der Waals surface area contributed by atoms with E-state index in [1.54, 1.807) is 22.8 Å². The Labute approximate surface area is 94.7 Å². The molecule has 0 aliphatic carbocycles. The summed E-state index contributed by atoms with van der Waals surface area (Å²) in [5, 5.41) is 13.7. The van der Waals surface area contributed by atoms with Crippen molar-refractivity contribution in [3.63, 3.8) is 0 Å². The molecule has 1 atom stereocenters. The van der Waals surface area contributed by atoms with E-state index < -0.39 is 0 Å². The molecule has 1 saturated heterocycles. The Morgan fingerprint density at radius 1 is 1.62 bits per heavy atom. The number of piperidine rings is 1. The van der Waals surface area contributed by atoms with Crippen LogP contribution in [-0.4, -0.2) is 44.9 Å². The number of aliphatic hydroxyl groups excluding tert-OH is 1. The molecule has 1 fully saturated rings. The second-order valence-corrected chi connectivity index (χ2v) is 4.35. The van der Waals surface area contributed by atoms with E-state index in [-0.39, 0.29) is 12.0 Å². The number of aliphatic hydroxyl groups is 1. The molecule has 0 saturated carbocycles. The van der Waals surface area contributed by atoms with Crippen molar-refractivity contribution in [2.75, 3.05) is 13.1 Å². The molecule has 1 aliphatic heterocycles. The number of amides is 1. The van der Waals surface area contributed by atoms with Crippen molar-refractivity contribution in [2.24, 2.45) is 7.05 Å². The number of aryl methyl sites for hydroxylation is 2. The van der Waals surface area contributed by atoms with E-state index in [1.807, 2.05) is 6.92 Å². The summed E-state index contributed by atoms with van der Waals surface area (Å²) in [7, 11) is 1.80. The lowest BCUT2D eigenvalue weighted by molar-refractivity contribution is 0.0473. The molecule has 16 heavy (non-hydrogen) atoms. The fraction of sp³-hybridized carbons (Fsp3) is 0.636. The number of β-amino-alcohol motifs (C(OH)–C–C–N with tert-alkyl or cyclic N) is 1. The van der Waals surface area contributed by atoms with Gasteiger partial charge >= 0.3 is 0 Å². The highest BCUT2D eigenvalue weighted by atomic mass is 16.3. The number of hydrogen-bond acceptors (Lipinski definition) is 3. The van der Waals surface area contributed by atoms with Crippen molar-refractivity contribution >= 4 is 5.91 Å². The van der Waals surface area contributed by atoms with Crippen LogP contribution in [0.15, 0.2) is 6.20 Å². The summed E-state index contributed by atoms with van der Waals surface area (Å²) in [6.07, 6.45) is 3.01. The van der Waals surface area contributed by atoms with Gasteiger partial charge in [-0.05, 0) is 19.8 Å². The fourth-order valence-corrected chi connectivity index (χ4v) is 2.12. The van der Waals surface area contributed by atoms with Gasteiger partial charge in [0.1, 0.15) is 0 Å². The maximum Gasteiger partial charge on any atom is 0.257 e. The van der Waals surface area contributed by atoms with Gasteiger partial charge in [-0.2, -0.15) is 5.10 Å². The number of aromatic nitrogens is 2. The molecule has 1 aliphatic rings. The molecule has 0 radical (unpaired) electrons. The molecular weight excluding hydrogens is 206 g/mol. The van der Waals surface area contributed by atoms with Crippen molar-refractivity contribution in [2.45, 2.75) is 25.9 Å². The van der Waals surface area contributed by atoms with Crippen molar-refractivity contribution in [3.8, 4) is 0 Å². The number of carbonyl (C=O) groups is 1. The van der Waals surface area contributed by atoms with Crippen LogP contribution in [0.4, 0.5) is 0 Å². The highest BCUT2D eigenvalue weighted by Crippen LogP contribution is 2.15. The number of likely N-dealkylation sites (tertiary alicyclic amines) is 1. The van der Waals surface area contributed by atoms with E-state index in [0.717, 1.165) is 25.1 Å². The van der Waals surface area contributed by atoms with Gasteiger partial charge in [0.25, 0.3) is 5.91 Å². The Morgan fingerprint density at radius 3 is 2.94 bits per heavy atom. The summed E-state index contributed by atoms with van der Waals surface area (Å²) in [5.41, 5.74) is 1.38. The lowest BCUT2D eigenvalue weighted by Crippen LogP contribution is -2.42. The minimum atomic E-state index is -0.380. The van der Waals surface area contributed by atoms with Crippen LogP contribution in [0.25, 0.3) is 0 Å². The van der Waals surface area contributed by atoms with Crippen LogP contribution in [-0.2, 0) is 7.05 Å². The van der Waals surface area contributed by atoms with E-state index in [0.29, 0.717) is 12.1 Å². The lowest BCUT2D eigenvalue weighted by Gasteiger charge is -2.29. The molecule has 2 heterocycles. The van der Waals surface area contributed by atoms with E-state index in [2.05, 4.69) is 5.10 Å². The summed E-state index contributed by atoms with van der Waals surface area (Å²) in [6, 6.07) is 0. The second kappa shape index (κ2) is 4.25. The molecule has 2 rings (SSSR count). The van der Waals surface area contributed by atoms with Gasteiger partial charge in [0.15, 0.2) is 0 Å². The van der Waals surface area contributed by atoms with Crippen molar-refractivity contribution in [1.82, 2.24) is 14.7 Å². The van der Waals surface area contributed by atoms with Crippen LogP contribution < -0.4 is 0 Å². The number of carbonyl (C=O) groups excluding carboxylic acids is 1. The van der Waals surface area contributed by atoms with Gasteiger partial charge in [-0.1, -0.05) is 0 Å². The Hall–Kier alpha value is -1.36. The highest BCUT2D eigenvalue weighted by Gasteiger charge is 2.25. The molecule has 5 heteroatoms. The first-order chi connectivity index (χ1) is 7.58. The Balaban J connectivity index is 2.15. The van der Waals surface area contributed by atoms with Crippen molar-refractivity contribution in [1.29, 1.82) is 0 Å². The first-order valence-corrected chi connectivity index (χ1v) is 5.55. The Morgan fingerprint density at radius 2 is 2.38 bits per heavy atom. The third-order valence-corrected chi connectivity index (χ3v) is 2.93. The van der Waals surface area contributed by atoms with E-state index in [9.17, 15) is 9.90 Å². The van der Waals surface area contributed by atoms with E-state index in [4.69, 9.17) is 0 Å². The molecule has 1 unspecified atom stereocenters. The van der Waals surface area contributed by atoms with Gasteiger partial charge in [0.2, 0.25) is 0 Å². The highest BCUT2D eigenvalue weighted by molar-refractivity contribution is 5.95. The molecule has 1 amide bonds. The third-order valence-electron chi connectivity index (χ3n) is 2.93. The largest absolute Gasteiger partial charge is 0.391 e. The van der Waals surface area contributed by atoms with E-state index >= 15 is 0 Å². The van der Waals surface area contributed by atoms with Crippen LogP contribution in [0, 0.1) is 6.92 Å². The summed E-state index contributed by atoms with van der Waals surface area (Å²) in [4.78, 5) is 13.8. The average Bonchev–Trinajstić information content (AvgIpc) is 2.57. The maximum absolute atomic E-state index is 12.1. The average molecular weight is 223 g/mol. The molecule has 0 spiro atoms. The summed E-state index contributed by atoms with van der Waals surface area (Å²) in [5.74, 6) is -0.0237. The van der Waals surface area contributed by atoms with Gasteiger partial charge < -0.3 is 10.0 Å². The summed E-state index contributed by atoms with van der Waals surface area (Å²) >= 11 is 0. The zero-order valence-corrected chi connectivity index (χ0v) is 9.68. The number of nitrogens with zero attached hydrogens (tertiary/aromatic N) is 3. The van der Waals surface area contributed by atoms with Gasteiger partial charge in [-0.3, -0.25) is 9.48 Å². The Kier molecular flexibility index (Phi) is 2.96. The van der Waals surface area contributed by atoms with Gasteiger partial charge in [0.05, 0.1) is 17.4 Å². The molecule has 0 bridgehead atoms. The zero-order chi connectivity index (χ0) is 11.7. The topological polar surface area (TPSA) is 58.4 Å². The minimum absolute atomic E-state index is 0.0237. The molecule has 1 N–H and O–H groups in total. The van der Waals surface area contributed by atoms with Gasteiger partial charge in [-0.25, -0.2) is 0 Å². The van der Waals surface area contributed by atoms with Crippen LogP contribution >= 0.6 is 0 Å². The lowest BCUT2D eigenvalue weighted by atomic mass is 10.1. The molecule has 1 aromatic rings. The van der Waals surface area contributed by atoms with Crippen LogP contribution in [0.5, 0.6) is 0 Å². The summed E-state index contributed by atoms with van der Waals surface area (Å²) in [6.45, 7) is 2.99. The first kappa shape index (κ1) is 11.1. The molecular formula is C11H17N3O2. The van der Waals surface area contributed by atoms with Crippen LogP contribution in [0.1, 0.15) is 28.9 Å². The van der Waals surface area contributed by atoms with Crippen LogP contribution in [0.3, 0.4) is 0 Å². The third kappa shape index (κ3) is 2.09. The van der Waals surface area contributed by atoms with Crippen LogP contribution in [0.2, 0.25) is 0 Å². The van der Waals surface area contributed by atoms with Crippen molar-refractivity contribution < 1.29 is 9.90 Å². The van der Waals surface area contributed by atoms with E-state index in [1.165, 1.54) is 0 Å². The monoisotopic (exact) mass is 223 g/mol. The fourth-order valence-electron chi connectivity index (χ4n) is 2.12.